The molecule has 0 saturated heterocycles. The standard InChI is InChI=1S/C16H15ClN2O2/c1-9(2)19-16-12(4-3-5-13(16)17)15(18-19)11-7-6-10(20)8-14(11)21/h3-9,20-21H,1-2H3. The second-order valence-electron chi connectivity index (χ2n) is 5.22. The second-order valence-corrected chi connectivity index (χ2v) is 5.63. The maximum atomic E-state index is 10.1. The van der Waals surface area contributed by atoms with Gasteiger partial charge in [0, 0.05) is 23.1 Å². The van der Waals surface area contributed by atoms with Crippen LogP contribution in [-0.2, 0) is 0 Å². The predicted molar refractivity (Wildman–Crippen MR) is 83.9 cm³/mol. The van der Waals surface area contributed by atoms with Crippen LogP contribution in [0.3, 0.4) is 0 Å². The molecule has 21 heavy (non-hydrogen) atoms. The summed E-state index contributed by atoms with van der Waals surface area (Å²) in [6.07, 6.45) is 0. The molecule has 1 aromatic heterocycles. The van der Waals surface area contributed by atoms with E-state index in [1.54, 1.807) is 6.07 Å². The third kappa shape index (κ3) is 2.21. The number of phenolic OH excluding ortho intramolecular Hbond substituents is 2. The van der Waals surface area contributed by atoms with E-state index in [4.69, 9.17) is 11.6 Å². The first kappa shape index (κ1) is 13.8. The van der Waals surface area contributed by atoms with Crippen molar-refractivity contribution in [2.45, 2.75) is 19.9 Å². The van der Waals surface area contributed by atoms with Crippen LogP contribution in [0.15, 0.2) is 36.4 Å². The molecule has 5 heteroatoms. The highest BCUT2D eigenvalue weighted by Gasteiger charge is 2.18. The van der Waals surface area contributed by atoms with E-state index in [1.165, 1.54) is 12.1 Å². The summed E-state index contributed by atoms with van der Waals surface area (Å²) in [6, 6.07) is 10.2. The predicted octanol–water partition coefficient (Wildman–Crippen LogP) is 4.35. The summed E-state index contributed by atoms with van der Waals surface area (Å²) in [6.45, 7) is 4.05. The molecule has 0 spiro atoms. The van der Waals surface area contributed by atoms with E-state index < -0.39 is 0 Å². The number of benzene rings is 2. The van der Waals surface area contributed by atoms with E-state index >= 15 is 0 Å². The quantitative estimate of drug-likeness (QED) is 0.740. The number of aromatic nitrogens is 2. The molecule has 0 amide bonds. The van der Waals surface area contributed by atoms with E-state index in [0.717, 1.165) is 10.9 Å². The van der Waals surface area contributed by atoms with Crippen molar-refractivity contribution >= 4 is 22.5 Å². The average Bonchev–Trinajstić information content (AvgIpc) is 2.80. The van der Waals surface area contributed by atoms with Crippen LogP contribution < -0.4 is 0 Å². The molecule has 1 heterocycles. The molecule has 3 aromatic rings. The molecular formula is C16H15ClN2O2. The number of halogens is 1. The Balaban J connectivity index is 2.36. The second kappa shape index (κ2) is 4.97. The summed E-state index contributed by atoms with van der Waals surface area (Å²) in [4.78, 5) is 0. The summed E-state index contributed by atoms with van der Waals surface area (Å²) in [5.74, 6) is 0.00663. The highest BCUT2D eigenvalue weighted by atomic mass is 35.5. The number of fused-ring (bicyclic) bond motifs is 1. The molecule has 108 valence electrons. The molecule has 0 aliphatic carbocycles. The minimum Gasteiger partial charge on any atom is -0.508 e. The van der Waals surface area contributed by atoms with Gasteiger partial charge in [-0.3, -0.25) is 4.68 Å². The lowest BCUT2D eigenvalue weighted by Gasteiger charge is -2.07. The number of rotatable bonds is 2. The van der Waals surface area contributed by atoms with E-state index in [1.807, 2.05) is 36.7 Å². The normalized spacial score (nSPS) is 11.4. The lowest BCUT2D eigenvalue weighted by atomic mass is 10.1. The van der Waals surface area contributed by atoms with E-state index in [0.29, 0.717) is 16.3 Å². The van der Waals surface area contributed by atoms with Crippen molar-refractivity contribution in [1.82, 2.24) is 9.78 Å². The Morgan fingerprint density at radius 3 is 2.57 bits per heavy atom. The Morgan fingerprint density at radius 2 is 1.90 bits per heavy atom. The van der Waals surface area contributed by atoms with Crippen LogP contribution in [0.1, 0.15) is 19.9 Å². The van der Waals surface area contributed by atoms with Gasteiger partial charge in [0.2, 0.25) is 0 Å². The average molecular weight is 303 g/mol. The molecule has 0 atom stereocenters. The first-order valence-corrected chi connectivity index (χ1v) is 7.06. The number of aromatic hydroxyl groups is 2. The van der Waals surface area contributed by atoms with Crippen LogP contribution in [0.2, 0.25) is 5.02 Å². The van der Waals surface area contributed by atoms with Gasteiger partial charge in [-0.2, -0.15) is 5.10 Å². The summed E-state index contributed by atoms with van der Waals surface area (Å²) >= 11 is 6.31. The molecule has 0 radical (unpaired) electrons. The molecule has 0 aliphatic heterocycles. The van der Waals surface area contributed by atoms with Gasteiger partial charge in [-0.05, 0) is 32.0 Å². The number of hydrogen-bond acceptors (Lipinski definition) is 3. The van der Waals surface area contributed by atoms with Crippen LogP contribution in [0.5, 0.6) is 11.5 Å². The fourth-order valence-electron chi connectivity index (χ4n) is 2.44. The molecule has 0 unspecified atom stereocenters. The van der Waals surface area contributed by atoms with Crippen molar-refractivity contribution < 1.29 is 10.2 Å². The van der Waals surface area contributed by atoms with Crippen molar-refractivity contribution in [1.29, 1.82) is 0 Å². The van der Waals surface area contributed by atoms with Crippen molar-refractivity contribution in [2.75, 3.05) is 0 Å². The van der Waals surface area contributed by atoms with Crippen LogP contribution in [-0.4, -0.2) is 20.0 Å². The maximum Gasteiger partial charge on any atom is 0.128 e. The Labute approximate surface area is 127 Å². The van der Waals surface area contributed by atoms with Gasteiger partial charge in [0.25, 0.3) is 0 Å². The first-order valence-electron chi connectivity index (χ1n) is 6.68. The number of phenols is 2. The van der Waals surface area contributed by atoms with Crippen molar-refractivity contribution in [3.63, 3.8) is 0 Å². The third-order valence-electron chi connectivity index (χ3n) is 3.40. The van der Waals surface area contributed by atoms with Gasteiger partial charge >= 0.3 is 0 Å². The molecule has 0 bridgehead atoms. The zero-order chi connectivity index (χ0) is 15.1. The van der Waals surface area contributed by atoms with Gasteiger partial charge in [0.1, 0.15) is 17.2 Å². The number of para-hydroxylation sites is 1. The van der Waals surface area contributed by atoms with Gasteiger partial charge in [0.15, 0.2) is 0 Å². The highest BCUT2D eigenvalue weighted by molar-refractivity contribution is 6.35. The molecule has 0 saturated carbocycles. The largest absolute Gasteiger partial charge is 0.508 e. The lowest BCUT2D eigenvalue weighted by molar-refractivity contribution is 0.451. The van der Waals surface area contributed by atoms with Crippen molar-refractivity contribution in [3.05, 3.63) is 41.4 Å². The minimum absolute atomic E-state index is 0.00900. The summed E-state index contributed by atoms with van der Waals surface area (Å²) in [5, 5.41) is 25.6. The monoisotopic (exact) mass is 302 g/mol. The van der Waals surface area contributed by atoms with Crippen molar-refractivity contribution in [3.8, 4) is 22.8 Å². The Kier molecular flexibility index (Phi) is 3.26. The molecule has 0 aliphatic rings. The molecule has 4 nitrogen and oxygen atoms in total. The zero-order valence-corrected chi connectivity index (χ0v) is 12.5. The Morgan fingerprint density at radius 1 is 1.14 bits per heavy atom. The zero-order valence-electron chi connectivity index (χ0n) is 11.7. The summed E-state index contributed by atoms with van der Waals surface area (Å²) in [5.41, 5.74) is 2.06. The van der Waals surface area contributed by atoms with Gasteiger partial charge in [-0.25, -0.2) is 0 Å². The third-order valence-corrected chi connectivity index (χ3v) is 3.71. The minimum atomic E-state index is -0.00900. The Bertz CT molecular complexity index is 825. The molecular weight excluding hydrogens is 288 g/mol. The topological polar surface area (TPSA) is 58.3 Å². The van der Waals surface area contributed by atoms with Gasteiger partial charge < -0.3 is 10.2 Å². The van der Waals surface area contributed by atoms with Gasteiger partial charge in [-0.1, -0.05) is 23.7 Å². The smallest absolute Gasteiger partial charge is 0.128 e. The SMILES string of the molecule is CC(C)n1nc(-c2ccc(O)cc2O)c2cccc(Cl)c21. The fraction of sp³-hybridized carbons (Fsp3) is 0.188. The van der Waals surface area contributed by atoms with Crippen LogP contribution in [0.25, 0.3) is 22.2 Å². The molecule has 3 rings (SSSR count). The summed E-state index contributed by atoms with van der Waals surface area (Å²) in [7, 11) is 0. The van der Waals surface area contributed by atoms with Crippen LogP contribution in [0.4, 0.5) is 0 Å². The van der Waals surface area contributed by atoms with E-state index in [9.17, 15) is 10.2 Å². The van der Waals surface area contributed by atoms with Crippen LogP contribution >= 0.6 is 11.6 Å². The number of hydrogen-bond donors (Lipinski definition) is 2. The lowest BCUT2D eigenvalue weighted by Crippen LogP contribution is -2.02. The van der Waals surface area contributed by atoms with Gasteiger partial charge in [0.05, 0.1) is 10.5 Å². The highest BCUT2D eigenvalue weighted by Crippen LogP contribution is 2.38. The van der Waals surface area contributed by atoms with E-state index in [2.05, 4.69) is 5.10 Å². The van der Waals surface area contributed by atoms with Gasteiger partial charge in [-0.15, -0.1) is 0 Å². The van der Waals surface area contributed by atoms with E-state index in [-0.39, 0.29) is 17.5 Å². The first-order chi connectivity index (χ1) is 9.99. The fourth-order valence-corrected chi connectivity index (χ4v) is 2.70. The molecule has 2 N–H and O–H groups in total. The molecule has 0 fully saturated rings. The maximum absolute atomic E-state index is 10.1. The van der Waals surface area contributed by atoms with Crippen LogP contribution in [0, 0.1) is 0 Å². The molecule has 2 aromatic carbocycles. The van der Waals surface area contributed by atoms with Crippen molar-refractivity contribution in [2.24, 2.45) is 0 Å². The number of nitrogens with zero attached hydrogens (tertiary/aromatic N) is 2. The summed E-state index contributed by atoms with van der Waals surface area (Å²) < 4.78 is 1.85. The Hall–Kier alpha value is -2.20.